The van der Waals surface area contributed by atoms with Gasteiger partial charge in [-0.1, -0.05) is 6.07 Å². The third-order valence-corrected chi connectivity index (χ3v) is 4.94. The number of carbonyl (C=O) groups is 2. The van der Waals surface area contributed by atoms with Crippen molar-refractivity contribution in [3.63, 3.8) is 0 Å². The number of pyridine rings is 2. The van der Waals surface area contributed by atoms with Crippen LogP contribution in [0.15, 0.2) is 48.9 Å². The Labute approximate surface area is 173 Å². The summed E-state index contributed by atoms with van der Waals surface area (Å²) in [6.07, 6.45) is 6.01. The van der Waals surface area contributed by atoms with Crippen molar-refractivity contribution in [1.82, 2.24) is 29.8 Å². The molecule has 1 aliphatic rings. The van der Waals surface area contributed by atoms with Gasteiger partial charge in [-0.05, 0) is 44.0 Å². The molecule has 1 saturated heterocycles. The molecule has 3 aromatic heterocycles. The average Bonchev–Trinajstić information content (AvgIpc) is 2.79. The predicted octanol–water partition coefficient (Wildman–Crippen LogP) is 2.13. The zero-order valence-corrected chi connectivity index (χ0v) is 16.5. The van der Waals surface area contributed by atoms with Crippen LogP contribution in [0.25, 0.3) is 11.5 Å². The number of likely N-dealkylation sites (tertiary alicyclic amines) is 1. The number of anilines is 1. The smallest absolute Gasteiger partial charge is 0.255 e. The number of hydrogen-bond donors (Lipinski definition) is 1. The van der Waals surface area contributed by atoms with Crippen LogP contribution < -0.4 is 5.32 Å². The van der Waals surface area contributed by atoms with Crippen LogP contribution in [0.4, 0.5) is 5.95 Å². The van der Waals surface area contributed by atoms with E-state index in [1.807, 2.05) is 12.1 Å². The van der Waals surface area contributed by atoms with Gasteiger partial charge in [0.15, 0.2) is 5.82 Å². The summed E-state index contributed by atoms with van der Waals surface area (Å²) in [6.45, 7) is 2.77. The first-order valence-corrected chi connectivity index (χ1v) is 9.74. The number of aryl methyl sites for hydroxylation is 1. The van der Waals surface area contributed by atoms with Crippen molar-refractivity contribution in [3.05, 3.63) is 60.3 Å². The maximum absolute atomic E-state index is 12.7. The topological polar surface area (TPSA) is 114 Å². The van der Waals surface area contributed by atoms with Crippen molar-refractivity contribution < 1.29 is 9.59 Å². The van der Waals surface area contributed by atoms with Gasteiger partial charge in [-0.3, -0.25) is 24.9 Å². The minimum atomic E-state index is -0.210. The SMILES string of the molecule is Cc1nc(NC(=O)C2CCN(C(=O)c3cccnc3)CC2)nc(-c2ccccn2)n1. The van der Waals surface area contributed by atoms with Crippen molar-refractivity contribution in [2.75, 3.05) is 18.4 Å². The molecule has 1 N–H and O–H groups in total. The molecule has 0 unspecified atom stereocenters. The maximum atomic E-state index is 12.7. The number of amides is 2. The van der Waals surface area contributed by atoms with Gasteiger partial charge in [-0.25, -0.2) is 4.98 Å². The first-order valence-electron chi connectivity index (χ1n) is 9.74. The molecule has 30 heavy (non-hydrogen) atoms. The fourth-order valence-electron chi connectivity index (χ4n) is 3.38. The van der Waals surface area contributed by atoms with Crippen molar-refractivity contribution >= 4 is 17.8 Å². The Bertz CT molecular complexity index is 1040. The molecule has 4 heterocycles. The predicted molar refractivity (Wildman–Crippen MR) is 109 cm³/mol. The molecule has 4 rings (SSSR count). The van der Waals surface area contributed by atoms with Crippen LogP contribution in [0.1, 0.15) is 29.0 Å². The van der Waals surface area contributed by atoms with E-state index in [-0.39, 0.29) is 23.7 Å². The van der Waals surface area contributed by atoms with Crippen molar-refractivity contribution in [1.29, 1.82) is 0 Å². The van der Waals surface area contributed by atoms with Crippen LogP contribution in [0.2, 0.25) is 0 Å². The van der Waals surface area contributed by atoms with Crippen LogP contribution in [0.5, 0.6) is 0 Å². The number of aromatic nitrogens is 5. The van der Waals surface area contributed by atoms with E-state index in [1.165, 1.54) is 0 Å². The highest BCUT2D eigenvalue weighted by molar-refractivity contribution is 5.94. The summed E-state index contributed by atoms with van der Waals surface area (Å²) < 4.78 is 0. The van der Waals surface area contributed by atoms with Gasteiger partial charge >= 0.3 is 0 Å². The fraction of sp³-hybridized carbons (Fsp3) is 0.286. The second kappa shape index (κ2) is 8.73. The average molecular weight is 403 g/mol. The van der Waals surface area contributed by atoms with Crippen LogP contribution in [-0.4, -0.2) is 54.7 Å². The summed E-state index contributed by atoms with van der Waals surface area (Å²) in [5, 5.41) is 2.80. The number of nitrogens with zero attached hydrogens (tertiary/aromatic N) is 6. The minimum Gasteiger partial charge on any atom is -0.339 e. The van der Waals surface area contributed by atoms with Gasteiger partial charge in [0, 0.05) is 37.6 Å². The Kier molecular flexibility index (Phi) is 5.69. The molecule has 1 fully saturated rings. The third-order valence-electron chi connectivity index (χ3n) is 4.94. The first kappa shape index (κ1) is 19.6. The lowest BCUT2D eigenvalue weighted by Crippen LogP contribution is -2.41. The van der Waals surface area contributed by atoms with E-state index < -0.39 is 0 Å². The number of rotatable bonds is 4. The largest absolute Gasteiger partial charge is 0.339 e. The van der Waals surface area contributed by atoms with Crippen LogP contribution in [0, 0.1) is 12.8 Å². The fourth-order valence-corrected chi connectivity index (χ4v) is 3.38. The molecule has 9 heteroatoms. The number of carbonyl (C=O) groups excluding carboxylic acids is 2. The molecule has 1 aliphatic heterocycles. The van der Waals surface area contributed by atoms with Crippen molar-refractivity contribution in [2.45, 2.75) is 19.8 Å². The van der Waals surface area contributed by atoms with Crippen LogP contribution >= 0.6 is 0 Å². The molecule has 0 bridgehead atoms. The highest BCUT2D eigenvalue weighted by atomic mass is 16.2. The quantitative estimate of drug-likeness (QED) is 0.710. The Morgan fingerprint density at radius 3 is 2.57 bits per heavy atom. The summed E-state index contributed by atoms with van der Waals surface area (Å²) in [5.41, 5.74) is 1.17. The molecule has 0 spiro atoms. The van der Waals surface area contributed by atoms with Gasteiger partial charge in [0.1, 0.15) is 11.5 Å². The zero-order valence-electron chi connectivity index (χ0n) is 16.5. The molecule has 0 aliphatic carbocycles. The normalized spacial score (nSPS) is 14.4. The summed E-state index contributed by atoms with van der Waals surface area (Å²) in [6, 6.07) is 8.95. The summed E-state index contributed by atoms with van der Waals surface area (Å²) in [5.74, 6) is 0.699. The van der Waals surface area contributed by atoms with Crippen molar-refractivity contribution in [2.24, 2.45) is 5.92 Å². The Morgan fingerprint density at radius 2 is 1.87 bits per heavy atom. The van der Waals surface area contributed by atoms with Crippen LogP contribution in [-0.2, 0) is 4.79 Å². The number of nitrogens with one attached hydrogen (secondary N) is 1. The molecule has 2 amide bonds. The van der Waals surface area contributed by atoms with E-state index in [9.17, 15) is 9.59 Å². The molecule has 9 nitrogen and oxygen atoms in total. The minimum absolute atomic E-state index is 0.0601. The lowest BCUT2D eigenvalue weighted by molar-refractivity contribution is -0.121. The Morgan fingerprint density at radius 1 is 1.03 bits per heavy atom. The maximum Gasteiger partial charge on any atom is 0.255 e. The van der Waals surface area contributed by atoms with Gasteiger partial charge in [0.25, 0.3) is 5.91 Å². The second-order valence-corrected chi connectivity index (χ2v) is 7.04. The van der Waals surface area contributed by atoms with E-state index in [0.29, 0.717) is 48.8 Å². The number of piperidine rings is 1. The summed E-state index contributed by atoms with van der Waals surface area (Å²) in [7, 11) is 0. The Hall–Kier alpha value is -3.75. The van der Waals surface area contributed by atoms with Gasteiger partial charge in [0.2, 0.25) is 11.9 Å². The third kappa shape index (κ3) is 4.45. The van der Waals surface area contributed by atoms with Crippen molar-refractivity contribution in [3.8, 4) is 11.5 Å². The standard InChI is InChI=1S/C21H21N7O2/c1-14-24-18(17-6-2-3-10-23-17)26-21(25-14)27-19(29)15-7-11-28(12-8-15)20(30)16-5-4-9-22-13-16/h2-6,9-10,13,15H,7-8,11-12H2,1H3,(H,24,25,26,27,29). The van der Waals surface area contributed by atoms with E-state index in [4.69, 9.17) is 0 Å². The van der Waals surface area contributed by atoms with Gasteiger partial charge in [0.05, 0.1) is 5.56 Å². The molecule has 0 radical (unpaired) electrons. The summed E-state index contributed by atoms with van der Waals surface area (Å²) >= 11 is 0. The molecule has 0 aromatic carbocycles. The summed E-state index contributed by atoms with van der Waals surface area (Å²) in [4.78, 5) is 48.1. The van der Waals surface area contributed by atoms with E-state index in [1.54, 1.807) is 48.6 Å². The molecular weight excluding hydrogens is 382 g/mol. The van der Waals surface area contributed by atoms with E-state index in [2.05, 4.69) is 30.2 Å². The number of hydrogen-bond acceptors (Lipinski definition) is 7. The van der Waals surface area contributed by atoms with Crippen LogP contribution in [0.3, 0.4) is 0 Å². The van der Waals surface area contributed by atoms with E-state index >= 15 is 0 Å². The highest BCUT2D eigenvalue weighted by Gasteiger charge is 2.28. The Balaban J connectivity index is 1.38. The second-order valence-electron chi connectivity index (χ2n) is 7.04. The molecule has 3 aromatic rings. The molecule has 0 saturated carbocycles. The molecular formula is C21H21N7O2. The lowest BCUT2D eigenvalue weighted by atomic mass is 9.95. The highest BCUT2D eigenvalue weighted by Crippen LogP contribution is 2.21. The zero-order chi connectivity index (χ0) is 20.9. The van der Waals surface area contributed by atoms with Gasteiger partial charge in [-0.15, -0.1) is 0 Å². The molecule has 0 atom stereocenters. The monoisotopic (exact) mass is 403 g/mol. The van der Waals surface area contributed by atoms with Gasteiger partial charge in [-0.2, -0.15) is 9.97 Å². The lowest BCUT2D eigenvalue weighted by Gasteiger charge is -2.31. The van der Waals surface area contributed by atoms with E-state index in [0.717, 1.165) is 0 Å². The van der Waals surface area contributed by atoms with Gasteiger partial charge < -0.3 is 4.90 Å². The first-order chi connectivity index (χ1) is 14.6. The molecule has 152 valence electrons.